The van der Waals surface area contributed by atoms with E-state index in [1.165, 1.54) is 23.5 Å². The number of nitrogens with one attached hydrogen (secondary N) is 2. The van der Waals surface area contributed by atoms with Crippen molar-refractivity contribution in [2.75, 3.05) is 18.1 Å². The van der Waals surface area contributed by atoms with Crippen molar-refractivity contribution in [1.29, 1.82) is 0 Å². The van der Waals surface area contributed by atoms with Crippen LogP contribution in [0, 0.1) is 12.7 Å². The SMILES string of the molecule is CCc1coc(CCNC(=O)Nc2nc(C)c(-c3ccc(S(C)(=O)=O)c(F)c3)s2)n1. The smallest absolute Gasteiger partial charge is 0.321 e. The molecule has 2 aromatic heterocycles. The minimum atomic E-state index is -3.65. The summed E-state index contributed by atoms with van der Waals surface area (Å²) in [6.45, 7) is 4.04. The summed E-state index contributed by atoms with van der Waals surface area (Å²) in [5.74, 6) is -0.271. The minimum absolute atomic E-state index is 0.338. The van der Waals surface area contributed by atoms with Gasteiger partial charge in [0.05, 0.1) is 16.3 Å². The highest BCUT2D eigenvalue weighted by atomic mass is 32.2. The Labute approximate surface area is 177 Å². The Morgan fingerprint density at radius 3 is 2.70 bits per heavy atom. The number of aryl methyl sites for hydroxylation is 2. The van der Waals surface area contributed by atoms with E-state index >= 15 is 0 Å². The molecule has 0 unspecified atom stereocenters. The zero-order chi connectivity index (χ0) is 21.9. The highest BCUT2D eigenvalue weighted by molar-refractivity contribution is 7.90. The Bertz CT molecular complexity index is 1170. The molecule has 1 aromatic carbocycles. The van der Waals surface area contributed by atoms with Gasteiger partial charge in [-0.25, -0.2) is 27.6 Å². The van der Waals surface area contributed by atoms with Crippen molar-refractivity contribution in [3.05, 3.63) is 47.6 Å². The predicted octanol–water partition coefficient (Wildman–Crippen LogP) is 3.58. The molecule has 0 fully saturated rings. The number of aromatic nitrogens is 2. The largest absolute Gasteiger partial charge is 0.449 e. The zero-order valence-corrected chi connectivity index (χ0v) is 18.3. The lowest BCUT2D eigenvalue weighted by molar-refractivity contribution is 0.252. The van der Waals surface area contributed by atoms with Gasteiger partial charge in [-0.05, 0) is 31.0 Å². The standard InChI is InChI=1S/C19H21FN4O4S2/c1-4-13-10-28-16(23-13)7-8-21-18(25)24-19-22-11(2)17(29-19)12-5-6-15(14(20)9-12)30(3,26)27/h5-6,9-10H,4,7-8H2,1-3H3,(H2,21,22,24,25). The van der Waals surface area contributed by atoms with Gasteiger partial charge in [-0.15, -0.1) is 0 Å². The van der Waals surface area contributed by atoms with Gasteiger partial charge in [0.1, 0.15) is 17.0 Å². The average Bonchev–Trinajstić information content (AvgIpc) is 3.26. The normalized spacial score (nSPS) is 11.5. The number of urea groups is 1. The summed E-state index contributed by atoms with van der Waals surface area (Å²) in [7, 11) is -3.65. The number of hydrogen-bond acceptors (Lipinski definition) is 7. The minimum Gasteiger partial charge on any atom is -0.449 e. The first-order chi connectivity index (χ1) is 14.2. The van der Waals surface area contributed by atoms with E-state index in [4.69, 9.17) is 4.42 Å². The van der Waals surface area contributed by atoms with Crippen molar-refractivity contribution in [3.63, 3.8) is 0 Å². The van der Waals surface area contributed by atoms with E-state index in [-0.39, 0.29) is 4.90 Å². The quantitative estimate of drug-likeness (QED) is 0.566. The molecule has 2 amide bonds. The highest BCUT2D eigenvalue weighted by Gasteiger charge is 2.17. The molecule has 0 bridgehead atoms. The molecule has 2 N–H and O–H groups in total. The van der Waals surface area contributed by atoms with Crippen LogP contribution in [-0.2, 0) is 22.7 Å². The second-order valence-corrected chi connectivity index (χ2v) is 9.55. The van der Waals surface area contributed by atoms with E-state index in [0.717, 1.165) is 24.4 Å². The number of benzene rings is 1. The van der Waals surface area contributed by atoms with Crippen LogP contribution < -0.4 is 10.6 Å². The number of halogens is 1. The summed E-state index contributed by atoms with van der Waals surface area (Å²) in [6, 6.07) is 3.47. The molecule has 0 aliphatic heterocycles. The second kappa shape index (κ2) is 8.92. The number of thiazole rings is 1. The Kier molecular flexibility index (Phi) is 6.52. The monoisotopic (exact) mass is 452 g/mol. The number of rotatable bonds is 7. The lowest BCUT2D eigenvalue weighted by Crippen LogP contribution is -2.30. The van der Waals surface area contributed by atoms with Crippen LogP contribution >= 0.6 is 11.3 Å². The first-order valence-electron chi connectivity index (χ1n) is 9.13. The first kappa shape index (κ1) is 21.9. The Morgan fingerprint density at radius 1 is 1.30 bits per heavy atom. The van der Waals surface area contributed by atoms with Crippen LogP contribution in [0.15, 0.2) is 33.8 Å². The number of hydrogen-bond donors (Lipinski definition) is 2. The summed E-state index contributed by atoms with van der Waals surface area (Å²) < 4.78 is 42.6. The number of amides is 2. The molecule has 3 aromatic rings. The Hall–Kier alpha value is -2.79. The van der Waals surface area contributed by atoms with E-state index in [2.05, 4.69) is 20.6 Å². The molecule has 160 valence electrons. The molecule has 0 spiro atoms. The predicted molar refractivity (Wildman–Crippen MR) is 112 cm³/mol. The maximum Gasteiger partial charge on any atom is 0.321 e. The van der Waals surface area contributed by atoms with Crippen molar-refractivity contribution in [3.8, 4) is 10.4 Å². The van der Waals surface area contributed by atoms with Crippen LogP contribution in [0.2, 0.25) is 0 Å². The topological polar surface area (TPSA) is 114 Å². The van der Waals surface area contributed by atoms with Crippen molar-refractivity contribution >= 4 is 32.3 Å². The van der Waals surface area contributed by atoms with E-state index < -0.39 is 21.7 Å². The van der Waals surface area contributed by atoms with Crippen molar-refractivity contribution < 1.29 is 22.0 Å². The van der Waals surface area contributed by atoms with E-state index in [9.17, 15) is 17.6 Å². The van der Waals surface area contributed by atoms with Gasteiger partial charge < -0.3 is 9.73 Å². The molecule has 0 atom stereocenters. The Morgan fingerprint density at radius 2 is 2.07 bits per heavy atom. The second-order valence-electron chi connectivity index (χ2n) is 6.57. The molecule has 11 heteroatoms. The maximum absolute atomic E-state index is 14.2. The third-order valence-corrected chi connectivity index (χ3v) is 6.45. The van der Waals surface area contributed by atoms with Crippen molar-refractivity contribution in [1.82, 2.24) is 15.3 Å². The van der Waals surface area contributed by atoms with Crippen molar-refractivity contribution in [2.45, 2.75) is 31.6 Å². The van der Waals surface area contributed by atoms with E-state index in [1.54, 1.807) is 13.2 Å². The lowest BCUT2D eigenvalue weighted by atomic mass is 10.1. The number of nitrogens with zero attached hydrogens (tertiary/aromatic N) is 2. The molecule has 30 heavy (non-hydrogen) atoms. The number of sulfone groups is 1. The number of oxazole rings is 1. The fourth-order valence-corrected chi connectivity index (χ4v) is 4.40. The maximum atomic E-state index is 14.2. The number of anilines is 1. The van der Waals surface area contributed by atoms with Crippen LogP contribution in [0.1, 0.15) is 24.2 Å². The van der Waals surface area contributed by atoms with Gasteiger partial charge in [-0.1, -0.05) is 24.3 Å². The van der Waals surface area contributed by atoms with E-state index in [1.807, 2.05) is 6.92 Å². The van der Waals surface area contributed by atoms with Crippen LogP contribution in [0.5, 0.6) is 0 Å². The number of carbonyl (C=O) groups is 1. The molecule has 3 rings (SSSR count). The first-order valence-corrected chi connectivity index (χ1v) is 11.8. The van der Waals surface area contributed by atoms with Gasteiger partial charge in [0.15, 0.2) is 20.9 Å². The van der Waals surface area contributed by atoms with Gasteiger partial charge >= 0.3 is 6.03 Å². The highest BCUT2D eigenvalue weighted by Crippen LogP contribution is 2.34. The van der Waals surface area contributed by atoms with Gasteiger partial charge in [-0.2, -0.15) is 0 Å². The third-order valence-electron chi connectivity index (χ3n) is 4.20. The molecule has 0 saturated heterocycles. The summed E-state index contributed by atoms with van der Waals surface area (Å²) in [5, 5.41) is 5.69. The molecule has 0 aliphatic carbocycles. The zero-order valence-electron chi connectivity index (χ0n) is 16.7. The average molecular weight is 453 g/mol. The summed E-state index contributed by atoms with van der Waals surface area (Å²) in [5.41, 5.74) is 1.94. The third kappa shape index (κ3) is 5.22. The van der Waals surface area contributed by atoms with Crippen LogP contribution in [0.4, 0.5) is 14.3 Å². The van der Waals surface area contributed by atoms with Gasteiger partial charge in [0.25, 0.3) is 0 Å². The van der Waals surface area contributed by atoms with E-state index in [0.29, 0.717) is 40.1 Å². The fourth-order valence-electron chi connectivity index (χ4n) is 2.71. The lowest BCUT2D eigenvalue weighted by Gasteiger charge is -2.04. The Balaban J connectivity index is 1.63. The molecule has 8 nitrogen and oxygen atoms in total. The summed E-state index contributed by atoms with van der Waals surface area (Å²) >= 11 is 1.17. The number of carbonyl (C=O) groups excluding carboxylic acids is 1. The van der Waals surface area contributed by atoms with Gasteiger partial charge in [-0.3, -0.25) is 5.32 Å². The molecule has 2 heterocycles. The molecular weight excluding hydrogens is 431 g/mol. The van der Waals surface area contributed by atoms with Crippen LogP contribution in [0.25, 0.3) is 10.4 Å². The molecule has 0 saturated carbocycles. The summed E-state index contributed by atoms with van der Waals surface area (Å²) in [6.07, 6.45) is 3.79. The van der Waals surface area contributed by atoms with Crippen LogP contribution in [-0.4, -0.2) is 37.2 Å². The summed E-state index contributed by atoms with van der Waals surface area (Å²) in [4.78, 5) is 20.9. The molecule has 0 aliphatic rings. The molecule has 0 radical (unpaired) electrons. The molecular formula is C19H21FN4O4S2. The fraction of sp³-hybridized carbons (Fsp3) is 0.316. The van der Waals surface area contributed by atoms with Crippen LogP contribution in [0.3, 0.4) is 0 Å². The van der Waals surface area contributed by atoms with Gasteiger partial charge in [0.2, 0.25) is 0 Å². The van der Waals surface area contributed by atoms with Crippen molar-refractivity contribution in [2.24, 2.45) is 0 Å². The van der Waals surface area contributed by atoms with Gasteiger partial charge in [0, 0.05) is 19.2 Å².